The monoisotopic (exact) mass is 559 g/mol. The first-order valence-corrected chi connectivity index (χ1v) is 13.8. The molecule has 5 N–H and O–H groups in total. The third-order valence-corrected chi connectivity index (χ3v) is 7.71. The molecule has 1 atom stereocenters. The van der Waals surface area contributed by atoms with E-state index in [4.69, 9.17) is 33.7 Å². The van der Waals surface area contributed by atoms with Gasteiger partial charge in [0.1, 0.15) is 18.5 Å². The number of aliphatic hydroxyl groups is 1. The number of halogens is 2. The second-order valence-corrected chi connectivity index (χ2v) is 11.0. The fourth-order valence-corrected chi connectivity index (χ4v) is 5.25. The molecule has 194 valence electrons. The highest BCUT2D eigenvalue weighted by molar-refractivity contribution is 7.92. The van der Waals surface area contributed by atoms with Gasteiger partial charge in [-0.2, -0.15) is 0 Å². The van der Waals surface area contributed by atoms with E-state index in [9.17, 15) is 13.5 Å². The van der Waals surface area contributed by atoms with Gasteiger partial charge in [-0.05, 0) is 53.6 Å². The van der Waals surface area contributed by atoms with Gasteiger partial charge in [-0.25, -0.2) is 8.42 Å². The summed E-state index contributed by atoms with van der Waals surface area (Å²) in [5.74, 6) is 0.430. The van der Waals surface area contributed by atoms with Gasteiger partial charge in [-0.3, -0.25) is 4.72 Å². The number of hydrogen-bond acceptors (Lipinski definition) is 6. The zero-order chi connectivity index (χ0) is 26.4. The number of hydrogen-bond donors (Lipinski definition) is 4. The van der Waals surface area contributed by atoms with Crippen LogP contribution in [0.1, 0.15) is 5.56 Å². The summed E-state index contributed by atoms with van der Waals surface area (Å²) >= 11 is 12.0. The molecule has 0 saturated heterocycles. The Morgan fingerprint density at radius 1 is 0.919 bits per heavy atom. The quantitative estimate of drug-likeness (QED) is 0.150. The number of nitrogens with one attached hydrogen (secondary N) is 2. The zero-order valence-corrected chi connectivity index (χ0v) is 22.2. The van der Waals surface area contributed by atoms with Gasteiger partial charge in [0, 0.05) is 24.4 Å². The molecule has 0 aliphatic carbocycles. The summed E-state index contributed by atoms with van der Waals surface area (Å²) in [5, 5.41) is 15.8. The minimum Gasteiger partial charge on any atom is -0.491 e. The van der Waals surface area contributed by atoms with Crippen molar-refractivity contribution in [1.29, 1.82) is 0 Å². The Kier molecular flexibility index (Phi) is 8.79. The summed E-state index contributed by atoms with van der Waals surface area (Å²) in [6.45, 7) is 1.02. The smallest absolute Gasteiger partial charge is 0.261 e. The van der Waals surface area contributed by atoms with Gasteiger partial charge in [-0.15, -0.1) is 0 Å². The van der Waals surface area contributed by atoms with Gasteiger partial charge in [0.05, 0.1) is 20.6 Å². The molecule has 0 fully saturated rings. The average molecular weight is 561 g/mol. The van der Waals surface area contributed by atoms with Crippen LogP contribution in [0.3, 0.4) is 0 Å². The fourth-order valence-electron chi connectivity index (χ4n) is 3.69. The highest BCUT2D eigenvalue weighted by atomic mass is 35.5. The van der Waals surface area contributed by atoms with E-state index in [0.29, 0.717) is 41.0 Å². The largest absolute Gasteiger partial charge is 0.491 e. The first-order chi connectivity index (χ1) is 17.7. The third kappa shape index (κ3) is 7.28. The molecule has 7 nitrogen and oxygen atoms in total. The number of ether oxygens (including phenoxy) is 1. The van der Waals surface area contributed by atoms with Gasteiger partial charge >= 0.3 is 0 Å². The number of aliphatic hydroxyl groups excluding tert-OH is 1. The van der Waals surface area contributed by atoms with Crippen molar-refractivity contribution in [2.24, 2.45) is 0 Å². The Balaban J connectivity index is 1.22. The summed E-state index contributed by atoms with van der Waals surface area (Å²) in [6.07, 6.45) is -0.0314. The van der Waals surface area contributed by atoms with Gasteiger partial charge in [-0.1, -0.05) is 65.7 Å². The number of sulfonamides is 1. The molecule has 0 spiro atoms. The van der Waals surface area contributed by atoms with Crippen LogP contribution >= 0.6 is 23.2 Å². The van der Waals surface area contributed by atoms with E-state index in [-0.39, 0.29) is 17.2 Å². The fraction of sp³-hybridized carbons (Fsp3) is 0.185. The van der Waals surface area contributed by atoms with E-state index in [1.807, 2.05) is 36.4 Å². The average Bonchev–Trinajstić information content (AvgIpc) is 2.89. The highest BCUT2D eigenvalue weighted by Crippen LogP contribution is 2.32. The molecular formula is C27H27Cl2N3O4S. The van der Waals surface area contributed by atoms with Crippen molar-refractivity contribution in [2.75, 3.05) is 30.2 Å². The molecule has 0 aliphatic heterocycles. The minimum atomic E-state index is -3.70. The lowest BCUT2D eigenvalue weighted by atomic mass is 10.1. The highest BCUT2D eigenvalue weighted by Gasteiger charge is 2.15. The molecule has 0 aromatic heterocycles. The molecule has 0 bridgehead atoms. The lowest BCUT2D eigenvalue weighted by Crippen LogP contribution is -2.32. The number of anilines is 2. The van der Waals surface area contributed by atoms with E-state index < -0.39 is 16.1 Å². The van der Waals surface area contributed by atoms with E-state index in [2.05, 4.69) is 10.0 Å². The van der Waals surface area contributed by atoms with Crippen molar-refractivity contribution in [1.82, 2.24) is 5.32 Å². The number of benzene rings is 4. The SMILES string of the molecule is Nc1c(Cl)cc(OCC(O)CNCCc2ccc(NS(=O)(=O)c3ccc4ccccc4c3)cc2)cc1Cl. The molecule has 37 heavy (non-hydrogen) atoms. The second kappa shape index (κ2) is 12.0. The number of fused-ring (bicyclic) bond motifs is 1. The van der Waals surface area contributed by atoms with Crippen molar-refractivity contribution in [3.8, 4) is 5.75 Å². The molecule has 0 radical (unpaired) electrons. The van der Waals surface area contributed by atoms with Crippen LogP contribution in [0, 0.1) is 0 Å². The van der Waals surface area contributed by atoms with Crippen molar-refractivity contribution in [2.45, 2.75) is 17.4 Å². The Labute approximate surface area is 226 Å². The Bertz CT molecular complexity index is 1460. The molecular weight excluding hydrogens is 533 g/mol. The first-order valence-electron chi connectivity index (χ1n) is 11.6. The predicted molar refractivity (Wildman–Crippen MR) is 150 cm³/mol. The van der Waals surface area contributed by atoms with E-state index in [1.165, 1.54) is 0 Å². The van der Waals surface area contributed by atoms with Crippen molar-refractivity contribution >= 4 is 55.4 Å². The lowest BCUT2D eigenvalue weighted by Gasteiger charge is -2.14. The van der Waals surface area contributed by atoms with Crippen LogP contribution in [-0.2, 0) is 16.4 Å². The zero-order valence-electron chi connectivity index (χ0n) is 19.8. The van der Waals surface area contributed by atoms with Gasteiger partial charge in [0.15, 0.2) is 0 Å². The third-order valence-electron chi connectivity index (χ3n) is 5.70. The van der Waals surface area contributed by atoms with E-state index >= 15 is 0 Å². The summed E-state index contributed by atoms with van der Waals surface area (Å²) < 4.78 is 33.8. The normalized spacial score (nSPS) is 12.4. The molecule has 4 aromatic rings. The molecule has 0 saturated carbocycles. The maximum Gasteiger partial charge on any atom is 0.261 e. The molecule has 4 aromatic carbocycles. The molecule has 0 amide bonds. The minimum absolute atomic E-state index is 0.0651. The van der Waals surface area contributed by atoms with Crippen LogP contribution in [0.15, 0.2) is 83.8 Å². The maximum absolute atomic E-state index is 12.8. The van der Waals surface area contributed by atoms with Crippen LogP contribution in [0.25, 0.3) is 10.8 Å². The first kappa shape index (κ1) is 27.0. The summed E-state index contributed by atoms with van der Waals surface area (Å²) in [5.41, 5.74) is 7.50. The standard InChI is InChI=1S/C27H27Cl2N3O4S/c28-25-14-23(15-26(29)27(25)30)36-17-22(33)16-31-12-11-18-5-8-21(9-6-18)32-37(34,35)24-10-7-19-3-1-2-4-20(19)13-24/h1-10,13-15,22,31-33H,11-12,16-17,30H2. The second-order valence-electron chi connectivity index (χ2n) is 8.53. The maximum atomic E-state index is 12.8. The Morgan fingerprint density at radius 3 is 2.30 bits per heavy atom. The summed E-state index contributed by atoms with van der Waals surface area (Å²) in [4.78, 5) is 0.213. The Hall–Kier alpha value is -3.01. The number of rotatable bonds is 11. The van der Waals surface area contributed by atoms with Crippen LogP contribution in [0.2, 0.25) is 10.0 Å². The Morgan fingerprint density at radius 2 is 1.59 bits per heavy atom. The van der Waals surface area contributed by atoms with Crippen molar-refractivity contribution in [3.63, 3.8) is 0 Å². The van der Waals surface area contributed by atoms with Crippen LogP contribution < -0.4 is 20.5 Å². The van der Waals surface area contributed by atoms with E-state index in [0.717, 1.165) is 16.3 Å². The van der Waals surface area contributed by atoms with Gasteiger partial charge < -0.3 is 20.9 Å². The molecule has 0 heterocycles. The summed E-state index contributed by atoms with van der Waals surface area (Å²) in [7, 11) is -3.70. The molecule has 4 rings (SSSR count). The van der Waals surface area contributed by atoms with Crippen molar-refractivity contribution in [3.05, 3.63) is 94.5 Å². The van der Waals surface area contributed by atoms with Crippen LogP contribution in [0.4, 0.5) is 11.4 Å². The van der Waals surface area contributed by atoms with Gasteiger partial charge in [0.2, 0.25) is 0 Å². The van der Waals surface area contributed by atoms with E-state index in [1.54, 1.807) is 42.5 Å². The van der Waals surface area contributed by atoms with Crippen molar-refractivity contribution < 1.29 is 18.3 Å². The van der Waals surface area contributed by atoms with Crippen LogP contribution in [0.5, 0.6) is 5.75 Å². The summed E-state index contributed by atoms with van der Waals surface area (Å²) in [6, 6.07) is 23.0. The predicted octanol–water partition coefficient (Wildman–Crippen LogP) is 5.10. The number of nitrogen functional groups attached to an aromatic ring is 1. The molecule has 1 unspecified atom stereocenters. The topological polar surface area (TPSA) is 114 Å². The lowest BCUT2D eigenvalue weighted by molar-refractivity contribution is 0.106. The van der Waals surface area contributed by atoms with Crippen LogP contribution in [-0.4, -0.2) is 39.3 Å². The number of nitrogens with two attached hydrogens (primary N) is 1. The molecule has 10 heteroatoms. The molecule has 0 aliphatic rings. The van der Waals surface area contributed by atoms with Gasteiger partial charge in [0.25, 0.3) is 10.0 Å².